The zero-order chi connectivity index (χ0) is 19.4. The van der Waals surface area contributed by atoms with Crippen molar-refractivity contribution in [1.82, 2.24) is 10.2 Å². The van der Waals surface area contributed by atoms with E-state index in [0.717, 1.165) is 4.90 Å². The van der Waals surface area contributed by atoms with E-state index in [1.54, 1.807) is 5.32 Å². The van der Waals surface area contributed by atoms with Crippen LogP contribution in [-0.2, 0) is 4.79 Å². The second kappa shape index (κ2) is 7.61. The normalized spacial score (nSPS) is 11.5. The summed E-state index contributed by atoms with van der Waals surface area (Å²) in [6.45, 7) is 0. The van der Waals surface area contributed by atoms with E-state index >= 15 is 0 Å². The van der Waals surface area contributed by atoms with Gasteiger partial charge in [0.2, 0.25) is 5.91 Å². The summed E-state index contributed by atoms with van der Waals surface area (Å²) < 4.78 is 65.5. The number of anilines is 1. The van der Waals surface area contributed by atoms with Crippen molar-refractivity contribution in [3.8, 4) is 6.07 Å². The fraction of sp³-hybridized carbons (Fsp3) is 0.214. The van der Waals surface area contributed by atoms with E-state index in [0.29, 0.717) is 12.1 Å². The van der Waals surface area contributed by atoms with Crippen molar-refractivity contribution >= 4 is 17.6 Å². The Bertz CT molecular complexity index is 766. The molecule has 0 radical (unpaired) electrons. The average Bonchev–Trinajstić information content (AvgIpc) is 2.48. The topological polar surface area (TPSA) is 85.2 Å². The largest absolute Gasteiger partial charge is 0.431 e. The number of nitriles is 1. The summed E-state index contributed by atoms with van der Waals surface area (Å²) in [5.74, 6) is -3.45. The van der Waals surface area contributed by atoms with E-state index in [1.165, 1.54) is 25.5 Å². The molecule has 0 spiro atoms. The summed E-state index contributed by atoms with van der Waals surface area (Å²) in [4.78, 5) is 23.8. The van der Waals surface area contributed by atoms with Crippen molar-refractivity contribution in [2.24, 2.45) is 0 Å². The third-order valence-electron chi connectivity index (χ3n) is 2.69. The molecule has 0 fully saturated rings. The number of benzene rings is 1. The van der Waals surface area contributed by atoms with Crippen LogP contribution < -0.4 is 10.6 Å². The molecule has 25 heavy (non-hydrogen) atoms. The van der Waals surface area contributed by atoms with E-state index in [2.05, 4.69) is 0 Å². The molecule has 0 heterocycles. The van der Waals surface area contributed by atoms with Crippen LogP contribution in [0.2, 0.25) is 0 Å². The predicted octanol–water partition coefficient (Wildman–Crippen LogP) is 2.49. The second-order valence-corrected chi connectivity index (χ2v) is 4.79. The first kappa shape index (κ1) is 19.9. The molecule has 0 aliphatic carbocycles. The predicted molar refractivity (Wildman–Crippen MR) is 76.1 cm³/mol. The quantitative estimate of drug-likeness (QED) is 0.640. The van der Waals surface area contributed by atoms with Crippen LogP contribution in [0.5, 0.6) is 0 Å². The maximum Gasteiger partial charge on any atom is 0.431 e. The molecule has 0 aliphatic rings. The van der Waals surface area contributed by atoms with E-state index in [-0.39, 0.29) is 6.08 Å². The number of allylic oxidation sites excluding steroid dienone is 1. The van der Waals surface area contributed by atoms with Gasteiger partial charge in [0, 0.05) is 26.2 Å². The van der Waals surface area contributed by atoms with Crippen molar-refractivity contribution in [3.63, 3.8) is 0 Å². The van der Waals surface area contributed by atoms with Gasteiger partial charge < -0.3 is 15.5 Å². The van der Waals surface area contributed by atoms with Crippen LogP contribution >= 0.6 is 0 Å². The Kier molecular flexibility index (Phi) is 6.05. The fourth-order valence-corrected chi connectivity index (χ4v) is 1.45. The molecule has 0 aromatic heterocycles. The molecular weight excluding hydrogens is 351 g/mol. The lowest BCUT2D eigenvalue weighted by Crippen LogP contribution is -2.36. The first-order chi connectivity index (χ1) is 11.5. The molecule has 1 rings (SSSR count). The SMILES string of the molecule is CN(C)C(=O)/C=C(\NC(=O)Nc1cc(F)c(C#N)cc1F)C(F)(F)F. The molecule has 134 valence electrons. The van der Waals surface area contributed by atoms with Crippen LogP contribution in [-0.4, -0.2) is 37.1 Å². The van der Waals surface area contributed by atoms with Gasteiger partial charge in [-0.25, -0.2) is 13.6 Å². The number of amides is 3. The summed E-state index contributed by atoms with van der Waals surface area (Å²) in [5.41, 5.74) is -3.12. The monoisotopic (exact) mass is 362 g/mol. The lowest BCUT2D eigenvalue weighted by Gasteiger charge is -2.15. The van der Waals surface area contributed by atoms with Crippen LogP contribution in [0.25, 0.3) is 0 Å². The van der Waals surface area contributed by atoms with E-state index < -0.39 is 46.7 Å². The molecule has 0 bridgehead atoms. The van der Waals surface area contributed by atoms with Crippen molar-refractivity contribution in [2.75, 3.05) is 19.4 Å². The molecule has 0 aliphatic heterocycles. The summed E-state index contributed by atoms with van der Waals surface area (Å²) in [6.07, 6.45) is -4.94. The second-order valence-electron chi connectivity index (χ2n) is 4.79. The number of nitrogens with one attached hydrogen (secondary N) is 2. The Morgan fingerprint density at radius 3 is 2.28 bits per heavy atom. The van der Waals surface area contributed by atoms with Gasteiger partial charge in [0.1, 0.15) is 23.4 Å². The van der Waals surface area contributed by atoms with Crippen LogP contribution in [0.3, 0.4) is 0 Å². The van der Waals surface area contributed by atoms with Gasteiger partial charge in [-0.05, 0) is 6.07 Å². The number of nitrogens with zero attached hydrogens (tertiary/aromatic N) is 2. The van der Waals surface area contributed by atoms with E-state index in [9.17, 15) is 31.5 Å². The van der Waals surface area contributed by atoms with Crippen molar-refractivity contribution in [3.05, 3.63) is 41.1 Å². The molecule has 0 saturated heterocycles. The third-order valence-corrected chi connectivity index (χ3v) is 2.69. The number of urea groups is 1. The number of hydrogen-bond donors (Lipinski definition) is 2. The first-order valence-corrected chi connectivity index (χ1v) is 6.43. The van der Waals surface area contributed by atoms with E-state index in [1.807, 2.05) is 0 Å². The van der Waals surface area contributed by atoms with Gasteiger partial charge in [0.15, 0.2) is 0 Å². The summed E-state index contributed by atoms with van der Waals surface area (Å²) in [6, 6.07) is 0.713. The highest BCUT2D eigenvalue weighted by atomic mass is 19.4. The molecule has 0 saturated carbocycles. The van der Waals surface area contributed by atoms with Crippen LogP contribution in [0.15, 0.2) is 23.9 Å². The Hall–Kier alpha value is -3.16. The molecule has 11 heteroatoms. The first-order valence-electron chi connectivity index (χ1n) is 6.43. The summed E-state index contributed by atoms with van der Waals surface area (Å²) >= 11 is 0. The van der Waals surface area contributed by atoms with Crippen molar-refractivity contribution < 1.29 is 31.5 Å². The standard InChI is InChI=1S/C14H11F5N4O2/c1-23(2)12(24)5-11(14(17,18)19)22-13(25)21-10-4-8(15)7(6-20)3-9(10)16/h3-5H,1-2H3,(H2,21,22,25)/b11-5-. The van der Waals surface area contributed by atoms with Gasteiger partial charge in [-0.2, -0.15) is 18.4 Å². The lowest BCUT2D eigenvalue weighted by molar-refractivity contribution is -0.125. The molecule has 3 amide bonds. The lowest BCUT2D eigenvalue weighted by atomic mass is 10.2. The number of carbonyl (C=O) groups is 2. The summed E-state index contributed by atoms with van der Waals surface area (Å²) in [7, 11) is 2.39. The van der Waals surface area contributed by atoms with Gasteiger partial charge in [-0.1, -0.05) is 0 Å². The smallest absolute Gasteiger partial charge is 0.345 e. The number of carbonyl (C=O) groups excluding carboxylic acids is 2. The molecule has 6 nitrogen and oxygen atoms in total. The zero-order valence-corrected chi connectivity index (χ0v) is 12.8. The molecule has 0 unspecified atom stereocenters. The van der Waals surface area contributed by atoms with Gasteiger partial charge in [0.25, 0.3) is 0 Å². The molecule has 1 aromatic carbocycles. The van der Waals surface area contributed by atoms with Crippen LogP contribution in [0.4, 0.5) is 32.4 Å². The van der Waals surface area contributed by atoms with Gasteiger partial charge in [-0.15, -0.1) is 0 Å². The Morgan fingerprint density at radius 2 is 1.80 bits per heavy atom. The number of hydrogen-bond acceptors (Lipinski definition) is 3. The third kappa shape index (κ3) is 5.45. The molecule has 1 aromatic rings. The number of halogens is 5. The Morgan fingerprint density at radius 1 is 1.20 bits per heavy atom. The Labute approximate surface area is 138 Å². The van der Waals surface area contributed by atoms with Crippen LogP contribution in [0.1, 0.15) is 5.56 Å². The van der Waals surface area contributed by atoms with Crippen molar-refractivity contribution in [1.29, 1.82) is 5.26 Å². The van der Waals surface area contributed by atoms with Gasteiger partial charge in [-0.3, -0.25) is 4.79 Å². The van der Waals surface area contributed by atoms with Gasteiger partial charge >= 0.3 is 12.2 Å². The average molecular weight is 362 g/mol. The minimum Gasteiger partial charge on any atom is -0.345 e. The van der Waals surface area contributed by atoms with Gasteiger partial charge in [0.05, 0.1) is 11.3 Å². The number of rotatable bonds is 3. The fourth-order valence-electron chi connectivity index (χ4n) is 1.45. The number of likely N-dealkylation sites (N-methyl/N-ethyl adjacent to an activating group) is 1. The Balaban J connectivity index is 3.02. The highest BCUT2D eigenvalue weighted by Gasteiger charge is 2.36. The highest BCUT2D eigenvalue weighted by molar-refractivity contribution is 5.93. The molecule has 2 N–H and O–H groups in total. The highest BCUT2D eigenvalue weighted by Crippen LogP contribution is 2.24. The minimum absolute atomic E-state index is 0.134. The molecular formula is C14H11F5N4O2. The maximum absolute atomic E-state index is 13.6. The minimum atomic E-state index is -5.07. The maximum atomic E-state index is 13.6. The van der Waals surface area contributed by atoms with E-state index in [4.69, 9.17) is 5.26 Å². The number of alkyl halides is 3. The van der Waals surface area contributed by atoms with Crippen LogP contribution in [0, 0.1) is 23.0 Å². The zero-order valence-electron chi connectivity index (χ0n) is 12.8. The molecule has 0 atom stereocenters. The van der Waals surface area contributed by atoms with Crippen molar-refractivity contribution in [2.45, 2.75) is 6.18 Å². The summed E-state index contributed by atoms with van der Waals surface area (Å²) in [5, 5.41) is 11.5.